The Morgan fingerprint density at radius 2 is 1.66 bits per heavy atom. The Hall–Kier alpha value is -4.46. The number of hydrogen-bond acceptors (Lipinski definition) is 5. The second-order valence-corrected chi connectivity index (χ2v) is 8.13. The number of amides is 1. The molecule has 1 aromatic heterocycles. The third kappa shape index (κ3) is 5.55. The van der Waals surface area contributed by atoms with Crippen LogP contribution in [-0.4, -0.2) is 17.1 Å². The third-order valence-corrected chi connectivity index (χ3v) is 5.56. The van der Waals surface area contributed by atoms with Crippen LogP contribution in [0, 0.1) is 18.2 Å². The van der Waals surface area contributed by atoms with Gasteiger partial charge < -0.3 is 15.0 Å². The van der Waals surface area contributed by atoms with E-state index in [1.165, 1.54) is 6.07 Å². The summed E-state index contributed by atoms with van der Waals surface area (Å²) in [6, 6.07) is 21.7. The number of nitrogens with two attached hydrogens (primary N) is 1. The molecule has 0 aliphatic heterocycles. The van der Waals surface area contributed by atoms with Crippen LogP contribution in [0.5, 0.6) is 0 Å². The van der Waals surface area contributed by atoms with Crippen molar-refractivity contribution in [3.63, 3.8) is 0 Å². The summed E-state index contributed by atoms with van der Waals surface area (Å²) >= 11 is 0. The molecule has 0 aliphatic carbocycles. The molecule has 0 bridgehead atoms. The highest BCUT2D eigenvalue weighted by atomic mass is 19.1. The number of nitrogens with zero attached hydrogens (tertiary/aromatic N) is 1. The van der Waals surface area contributed by atoms with Crippen LogP contribution in [0.1, 0.15) is 29.9 Å². The molecule has 1 heterocycles. The third-order valence-electron chi connectivity index (χ3n) is 5.56. The highest BCUT2D eigenvalue weighted by Crippen LogP contribution is 2.32. The normalized spacial score (nSPS) is 11.6. The average Bonchev–Trinajstić information content (AvgIpc) is 3.19. The highest BCUT2D eigenvalue weighted by Gasteiger charge is 2.20. The van der Waals surface area contributed by atoms with E-state index in [9.17, 15) is 9.18 Å². The van der Waals surface area contributed by atoms with E-state index in [2.05, 4.69) is 10.5 Å². The van der Waals surface area contributed by atoms with E-state index in [4.69, 9.17) is 20.4 Å². The average molecular weight is 473 g/mol. The molecule has 178 valence electrons. The molecule has 0 saturated carbocycles. The number of aryl methyl sites for hydroxylation is 1. The van der Waals surface area contributed by atoms with Crippen molar-refractivity contribution in [1.29, 1.82) is 5.41 Å². The zero-order valence-electron chi connectivity index (χ0n) is 19.3. The molecular formula is C27H25FN4O3. The number of carbonyl (C=O) groups is 1. The number of carbonyl (C=O) groups excluding carboxylic acids is 1. The molecule has 4 rings (SSSR count). The molecule has 0 unspecified atom stereocenters. The summed E-state index contributed by atoms with van der Waals surface area (Å²) in [5, 5.41) is 14.2. The molecule has 4 N–H and O–H groups in total. The number of ether oxygens (including phenoxy) is 1. The van der Waals surface area contributed by atoms with Gasteiger partial charge in [-0.3, -0.25) is 10.7 Å². The van der Waals surface area contributed by atoms with E-state index >= 15 is 0 Å². The van der Waals surface area contributed by atoms with E-state index in [1.54, 1.807) is 32.0 Å². The summed E-state index contributed by atoms with van der Waals surface area (Å²) in [4.78, 5) is 12.5. The zero-order chi connectivity index (χ0) is 24.9. The van der Waals surface area contributed by atoms with Crippen LogP contribution in [0.15, 0.2) is 77.3 Å². The zero-order valence-corrected chi connectivity index (χ0v) is 19.3. The van der Waals surface area contributed by atoms with Gasteiger partial charge in [-0.1, -0.05) is 71.9 Å². The molecule has 3 aromatic carbocycles. The molecule has 0 radical (unpaired) electrons. The maximum absolute atomic E-state index is 14.0. The Morgan fingerprint density at radius 3 is 2.29 bits per heavy atom. The van der Waals surface area contributed by atoms with Gasteiger partial charge in [0.05, 0.1) is 5.84 Å². The number of anilines is 1. The molecule has 0 spiro atoms. The van der Waals surface area contributed by atoms with Gasteiger partial charge in [-0.05, 0) is 36.6 Å². The van der Waals surface area contributed by atoms with Crippen LogP contribution < -0.4 is 11.1 Å². The number of benzene rings is 3. The summed E-state index contributed by atoms with van der Waals surface area (Å²) < 4.78 is 24.7. The van der Waals surface area contributed by atoms with E-state index in [1.807, 2.05) is 48.5 Å². The Balaban J connectivity index is 1.48. The second-order valence-electron chi connectivity index (χ2n) is 8.13. The fourth-order valence-electron chi connectivity index (χ4n) is 3.73. The Bertz CT molecular complexity index is 1350. The lowest BCUT2D eigenvalue weighted by Crippen LogP contribution is -2.17. The Labute approximate surface area is 202 Å². The van der Waals surface area contributed by atoms with Gasteiger partial charge in [0.1, 0.15) is 23.3 Å². The molecule has 7 nitrogen and oxygen atoms in total. The van der Waals surface area contributed by atoms with Crippen LogP contribution >= 0.6 is 0 Å². The van der Waals surface area contributed by atoms with Crippen LogP contribution in [-0.2, 0) is 11.2 Å². The van der Waals surface area contributed by atoms with Gasteiger partial charge in [-0.25, -0.2) is 9.18 Å². The van der Waals surface area contributed by atoms with Crippen molar-refractivity contribution < 1.29 is 18.4 Å². The minimum absolute atomic E-state index is 0.125. The molecule has 0 saturated heterocycles. The van der Waals surface area contributed by atoms with Crippen molar-refractivity contribution in [2.75, 3.05) is 5.32 Å². The second kappa shape index (κ2) is 10.2. The quantitative estimate of drug-likeness (QED) is 0.217. The molecule has 0 fully saturated rings. The van der Waals surface area contributed by atoms with Gasteiger partial charge in [0.15, 0.2) is 5.76 Å². The van der Waals surface area contributed by atoms with E-state index in [-0.39, 0.29) is 11.4 Å². The monoisotopic (exact) mass is 472 g/mol. The number of halogens is 1. The number of aromatic nitrogens is 1. The van der Waals surface area contributed by atoms with Crippen molar-refractivity contribution in [3.8, 4) is 22.4 Å². The molecule has 1 atom stereocenters. The van der Waals surface area contributed by atoms with Gasteiger partial charge in [-0.15, -0.1) is 0 Å². The molecule has 1 amide bonds. The lowest BCUT2D eigenvalue weighted by molar-refractivity contribution is 0.119. The van der Waals surface area contributed by atoms with Crippen molar-refractivity contribution >= 4 is 17.6 Å². The molecule has 8 heteroatoms. The maximum atomic E-state index is 14.0. The summed E-state index contributed by atoms with van der Waals surface area (Å²) in [7, 11) is 0. The van der Waals surface area contributed by atoms with E-state index < -0.39 is 18.0 Å². The lowest BCUT2D eigenvalue weighted by atomic mass is 10.0. The predicted molar refractivity (Wildman–Crippen MR) is 133 cm³/mol. The van der Waals surface area contributed by atoms with Gasteiger partial charge in [0.2, 0.25) is 0 Å². The minimum Gasteiger partial charge on any atom is -0.441 e. The highest BCUT2D eigenvalue weighted by molar-refractivity contribution is 5.91. The van der Waals surface area contributed by atoms with E-state index in [0.717, 1.165) is 22.3 Å². The lowest BCUT2D eigenvalue weighted by Gasteiger charge is -2.15. The molecular weight excluding hydrogens is 447 g/mol. The molecule has 0 aliphatic rings. The van der Waals surface area contributed by atoms with Crippen molar-refractivity contribution in [2.24, 2.45) is 5.73 Å². The predicted octanol–water partition coefficient (Wildman–Crippen LogP) is 6.24. The summed E-state index contributed by atoms with van der Waals surface area (Å²) in [5.74, 6) is 0.101. The van der Waals surface area contributed by atoms with Gasteiger partial charge in [0, 0.05) is 17.5 Å². The fourth-order valence-corrected chi connectivity index (χ4v) is 3.73. The first-order chi connectivity index (χ1) is 16.8. The van der Waals surface area contributed by atoms with Gasteiger partial charge >= 0.3 is 6.09 Å². The Morgan fingerprint density at radius 1 is 1.06 bits per heavy atom. The maximum Gasteiger partial charge on any atom is 0.412 e. The topological polar surface area (TPSA) is 114 Å². The number of hydrogen-bond donors (Lipinski definition) is 3. The van der Waals surface area contributed by atoms with E-state index in [0.29, 0.717) is 23.6 Å². The smallest absolute Gasteiger partial charge is 0.412 e. The SMILES string of the molecule is Cc1onc(-c2ccc(-c3ccc(CC(=N)N)cc3)cc2)c1NC(=O)O[C@H](C)c1ccccc1F. The standard InChI is InChI=1S/C27H25FN4O3/c1-16(22-5-3-4-6-23(22)28)34-27(33)31-25-17(2)35-32-26(25)21-13-11-20(12-14-21)19-9-7-18(8-10-19)15-24(29)30/h3-14,16H,15H2,1-2H3,(H3,29,30)(H,31,33)/t16-/m1/s1. The molecule has 4 aromatic rings. The largest absolute Gasteiger partial charge is 0.441 e. The van der Waals surface area contributed by atoms with Crippen LogP contribution in [0.25, 0.3) is 22.4 Å². The Kier molecular flexibility index (Phi) is 6.91. The van der Waals surface area contributed by atoms with Crippen LogP contribution in [0.3, 0.4) is 0 Å². The van der Waals surface area contributed by atoms with Crippen molar-refractivity contribution in [2.45, 2.75) is 26.4 Å². The van der Waals surface area contributed by atoms with Crippen LogP contribution in [0.2, 0.25) is 0 Å². The van der Waals surface area contributed by atoms with Crippen molar-refractivity contribution in [1.82, 2.24) is 5.16 Å². The molecule has 35 heavy (non-hydrogen) atoms. The first kappa shape index (κ1) is 23.7. The number of nitrogens with one attached hydrogen (secondary N) is 2. The van der Waals surface area contributed by atoms with Crippen LogP contribution in [0.4, 0.5) is 14.9 Å². The first-order valence-corrected chi connectivity index (χ1v) is 11.0. The summed E-state index contributed by atoms with van der Waals surface area (Å²) in [6.45, 7) is 3.29. The van der Waals surface area contributed by atoms with Crippen molar-refractivity contribution in [3.05, 3.63) is 95.5 Å². The minimum atomic E-state index is -0.777. The fraction of sp³-hybridized carbons (Fsp3) is 0.148. The summed E-state index contributed by atoms with van der Waals surface area (Å²) in [5.41, 5.74) is 10.3. The summed E-state index contributed by atoms with van der Waals surface area (Å²) in [6.07, 6.45) is -1.10. The number of rotatable bonds is 7. The van der Waals surface area contributed by atoms with Gasteiger partial charge in [0.25, 0.3) is 0 Å². The first-order valence-electron chi connectivity index (χ1n) is 11.0. The van der Waals surface area contributed by atoms with Gasteiger partial charge in [-0.2, -0.15) is 0 Å². The number of amidine groups is 1.